The van der Waals surface area contributed by atoms with Crippen molar-refractivity contribution in [3.8, 4) is 17.0 Å². The number of hydrogen-bond donors (Lipinski definition) is 1. The van der Waals surface area contributed by atoms with Crippen molar-refractivity contribution in [2.45, 2.75) is 13.3 Å². The fraction of sp³-hybridized carbons (Fsp3) is 0.231. The van der Waals surface area contributed by atoms with E-state index in [0.717, 1.165) is 6.07 Å². The van der Waals surface area contributed by atoms with Gasteiger partial charge in [0.1, 0.15) is 11.4 Å². The lowest BCUT2D eigenvalue weighted by Gasteiger charge is -2.10. The summed E-state index contributed by atoms with van der Waals surface area (Å²) in [6.07, 6.45) is -4.82. The monoisotopic (exact) mass is 334 g/mol. The summed E-state index contributed by atoms with van der Waals surface area (Å²) in [6, 6.07) is 5.09. The topological polar surface area (TPSA) is 64.2 Å². The van der Waals surface area contributed by atoms with E-state index in [2.05, 4.69) is 14.9 Å². The number of H-pyrrole nitrogens is 1. The van der Waals surface area contributed by atoms with Crippen LogP contribution < -0.4 is 4.74 Å². The number of nitrogens with zero attached hydrogens (tertiary/aromatic N) is 1. The molecule has 22 heavy (non-hydrogen) atoms. The van der Waals surface area contributed by atoms with Crippen LogP contribution in [0.15, 0.2) is 24.3 Å². The largest absolute Gasteiger partial charge is 0.573 e. The van der Waals surface area contributed by atoms with Gasteiger partial charge >= 0.3 is 12.3 Å². The Kier molecular flexibility index (Phi) is 4.60. The summed E-state index contributed by atoms with van der Waals surface area (Å²) in [5.41, 5.74) is 0.887. The molecule has 0 unspecified atom stereocenters. The van der Waals surface area contributed by atoms with Crippen molar-refractivity contribution in [1.29, 1.82) is 0 Å². The van der Waals surface area contributed by atoms with Crippen LogP contribution in [0.25, 0.3) is 11.3 Å². The zero-order valence-corrected chi connectivity index (χ0v) is 12.0. The molecule has 0 atom stereocenters. The maximum absolute atomic E-state index is 12.2. The van der Waals surface area contributed by atoms with Crippen molar-refractivity contribution in [2.24, 2.45) is 0 Å². The van der Waals surface area contributed by atoms with Crippen LogP contribution in [0.5, 0.6) is 5.75 Å². The minimum absolute atomic E-state index is 0.128. The second kappa shape index (κ2) is 6.27. The van der Waals surface area contributed by atoms with Gasteiger partial charge in [0.05, 0.1) is 17.3 Å². The highest BCUT2D eigenvalue weighted by atomic mass is 35.5. The number of aromatic amines is 1. The summed E-state index contributed by atoms with van der Waals surface area (Å²) in [5, 5.41) is 6.14. The summed E-state index contributed by atoms with van der Waals surface area (Å²) in [7, 11) is 0. The Morgan fingerprint density at radius 2 is 2.09 bits per heavy atom. The molecule has 9 heteroatoms. The molecule has 2 aromatic rings. The Labute approximate surface area is 128 Å². The summed E-state index contributed by atoms with van der Waals surface area (Å²) in [5.74, 6) is -1.09. The first-order chi connectivity index (χ1) is 10.3. The molecule has 0 saturated heterocycles. The number of nitrogens with one attached hydrogen (secondary N) is 1. The summed E-state index contributed by atoms with van der Waals surface area (Å²) >= 11 is 5.75. The molecule has 1 aromatic heterocycles. The molecule has 0 fully saturated rings. The Bertz CT molecular complexity index is 685. The summed E-state index contributed by atoms with van der Waals surface area (Å²) in [6.45, 7) is 1.87. The molecule has 0 amide bonds. The number of hydrogen-bond acceptors (Lipinski definition) is 4. The third-order valence-electron chi connectivity index (χ3n) is 2.53. The van der Waals surface area contributed by atoms with Crippen LogP contribution in [0.2, 0.25) is 5.02 Å². The predicted molar refractivity (Wildman–Crippen MR) is 71.7 cm³/mol. The highest BCUT2D eigenvalue weighted by molar-refractivity contribution is 6.32. The van der Waals surface area contributed by atoms with Gasteiger partial charge in [-0.2, -0.15) is 5.10 Å². The number of ether oxygens (including phenoxy) is 2. The molecule has 5 nitrogen and oxygen atoms in total. The van der Waals surface area contributed by atoms with Crippen molar-refractivity contribution in [3.05, 3.63) is 35.0 Å². The molecule has 1 N–H and O–H groups in total. The molecule has 118 valence electrons. The van der Waals surface area contributed by atoms with Crippen LogP contribution >= 0.6 is 11.6 Å². The Morgan fingerprint density at radius 3 is 2.68 bits per heavy atom. The lowest BCUT2D eigenvalue weighted by atomic mass is 10.1. The Hall–Kier alpha value is -2.22. The van der Waals surface area contributed by atoms with E-state index in [9.17, 15) is 18.0 Å². The van der Waals surface area contributed by atoms with Crippen LogP contribution in [-0.4, -0.2) is 29.1 Å². The fourth-order valence-electron chi connectivity index (χ4n) is 1.65. The van der Waals surface area contributed by atoms with Crippen molar-refractivity contribution in [3.63, 3.8) is 0 Å². The van der Waals surface area contributed by atoms with Gasteiger partial charge in [0.25, 0.3) is 0 Å². The number of carbonyl (C=O) groups excluding carboxylic acids is 1. The number of aromatic nitrogens is 2. The van der Waals surface area contributed by atoms with Gasteiger partial charge in [-0.1, -0.05) is 11.6 Å². The van der Waals surface area contributed by atoms with E-state index in [1.165, 1.54) is 18.2 Å². The summed E-state index contributed by atoms with van der Waals surface area (Å²) in [4.78, 5) is 11.5. The van der Waals surface area contributed by atoms with Gasteiger partial charge in [-0.05, 0) is 31.2 Å². The van der Waals surface area contributed by atoms with Gasteiger partial charge in [-0.15, -0.1) is 13.2 Å². The van der Waals surface area contributed by atoms with Crippen molar-refractivity contribution < 1.29 is 27.4 Å². The average Bonchev–Trinajstić information content (AvgIpc) is 2.89. The first-order valence-corrected chi connectivity index (χ1v) is 6.46. The standard InChI is InChI=1S/C13H10ClF3N2O3/c1-2-21-12(20)10-6-9(18-19-10)7-3-4-11(8(14)5-7)22-13(15,16)17/h3-6H,2H2,1H3,(H,18,19). The molecule has 0 aliphatic rings. The number of benzene rings is 1. The molecule has 0 saturated carbocycles. The summed E-state index contributed by atoms with van der Waals surface area (Å²) < 4.78 is 45.0. The van der Waals surface area contributed by atoms with Crippen LogP contribution in [0.3, 0.4) is 0 Å². The quantitative estimate of drug-likeness (QED) is 0.864. The number of alkyl halides is 3. The van der Waals surface area contributed by atoms with E-state index in [4.69, 9.17) is 16.3 Å². The third kappa shape index (κ3) is 3.91. The van der Waals surface area contributed by atoms with Gasteiger partial charge in [0.2, 0.25) is 0 Å². The zero-order valence-electron chi connectivity index (χ0n) is 11.2. The van der Waals surface area contributed by atoms with Crippen LogP contribution in [0.4, 0.5) is 13.2 Å². The van der Waals surface area contributed by atoms with Crippen LogP contribution in [-0.2, 0) is 4.74 Å². The second-order valence-corrected chi connectivity index (χ2v) is 4.49. The van der Waals surface area contributed by atoms with Gasteiger partial charge in [-0.3, -0.25) is 5.10 Å². The van der Waals surface area contributed by atoms with Gasteiger partial charge < -0.3 is 9.47 Å². The average molecular weight is 335 g/mol. The van der Waals surface area contributed by atoms with E-state index in [0.29, 0.717) is 11.3 Å². The van der Waals surface area contributed by atoms with E-state index >= 15 is 0 Å². The molecule has 0 aliphatic carbocycles. The molecule has 2 rings (SSSR count). The Morgan fingerprint density at radius 1 is 1.36 bits per heavy atom. The molecule has 0 radical (unpaired) electrons. The number of rotatable bonds is 4. The molecular formula is C13H10ClF3N2O3. The number of halogens is 4. The number of esters is 1. The highest BCUT2D eigenvalue weighted by Gasteiger charge is 2.32. The van der Waals surface area contributed by atoms with Crippen molar-refractivity contribution >= 4 is 17.6 Å². The smallest absolute Gasteiger partial charge is 0.461 e. The minimum atomic E-state index is -4.82. The van der Waals surface area contributed by atoms with Crippen molar-refractivity contribution in [1.82, 2.24) is 10.2 Å². The normalized spacial score (nSPS) is 11.3. The molecule has 0 aliphatic heterocycles. The van der Waals surface area contributed by atoms with Gasteiger partial charge in [-0.25, -0.2) is 4.79 Å². The molecular weight excluding hydrogens is 325 g/mol. The maximum Gasteiger partial charge on any atom is 0.573 e. The van der Waals surface area contributed by atoms with E-state index in [1.807, 2.05) is 0 Å². The second-order valence-electron chi connectivity index (χ2n) is 4.08. The first kappa shape index (κ1) is 16.2. The van der Waals surface area contributed by atoms with E-state index in [1.54, 1.807) is 6.92 Å². The molecule has 1 heterocycles. The first-order valence-electron chi connectivity index (χ1n) is 6.08. The van der Waals surface area contributed by atoms with Gasteiger partial charge in [0, 0.05) is 5.56 Å². The van der Waals surface area contributed by atoms with Crippen LogP contribution in [0.1, 0.15) is 17.4 Å². The highest BCUT2D eigenvalue weighted by Crippen LogP contribution is 2.33. The van der Waals surface area contributed by atoms with Crippen molar-refractivity contribution in [2.75, 3.05) is 6.61 Å². The molecule has 0 spiro atoms. The van der Waals surface area contributed by atoms with E-state index < -0.39 is 18.1 Å². The number of carbonyl (C=O) groups is 1. The lowest BCUT2D eigenvalue weighted by Crippen LogP contribution is -2.17. The third-order valence-corrected chi connectivity index (χ3v) is 2.82. The Balaban J connectivity index is 2.23. The fourth-order valence-corrected chi connectivity index (χ4v) is 1.87. The zero-order chi connectivity index (χ0) is 16.3. The van der Waals surface area contributed by atoms with E-state index in [-0.39, 0.29) is 17.3 Å². The lowest BCUT2D eigenvalue weighted by molar-refractivity contribution is -0.274. The molecule has 1 aromatic carbocycles. The van der Waals surface area contributed by atoms with Gasteiger partial charge in [0.15, 0.2) is 0 Å². The minimum Gasteiger partial charge on any atom is -0.461 e. The molecule has 0 bridgehead atoms. The SMILES string of the molecule is CCOC(=O)c1cc(-c2ccc(OC(F)(F)F)c(Cl)c2)n[nH]1. The predicted octanol–water partition coefficient (Wildman–Crippen LogP) is 3.81. The maximum atomic E-state index is 12.2. The van der Waals surface area contributed by atoms with Crippen LogP contribution in [0, 0.1) is 0 Å².